The highest BCUT2D eigenvalue weighted by atomic mass is 32.1. The van der Waals surface area contributed by atoms with Crippen LogP contribution in [-0.4, -0.2) is 12.7 Å². The molecule has 0 unspecified atom stereocenters. The van der Waals surface area contributed by atoms with Crippen LogP contribution in [0.4, 0.5) is 13.2 Å². The van der Waals surface area contributed by atoms with Crippen molar-refractivity contribution in [2.75, 3.05) is 6.54 Å². The lowest BCUT2D eigenvalue weighted by Crippen LogP contribution is -2.20. The van der Waals surface area contributed by atoms with E-state index in [2.05, 4.69) is 5.32 Å². The standard InChI is InChI=1S/C10H14F3NS/c1-8(9-4-2-7-15-9)14-6-3-5-10(11,12)13/h2,4,7-8,14H,3,5-6H2,1H3/t8-/m0/s1. The highest BCUT2D eigenvalue weighted by Gasteiger charge is 2.25. The molecular weight excluding hydrogens is 223 g/mol. The molecule has 0 radical (unpaired) electrons. The van der Waals surface area contributed by atoms with Crippen molar-refractivity contribution in [2.45, 2.75) is 32.0 Å². The van der Waals surface area contributed by atoms with Gasteiger partial charge in [0.05, 0.1) is 0 Å². The Morgan fingerprint density at radius 1 is 1.47 bits per heavy atom. The van der Waals surface area contributed by atoms with Gasteiger partial charge >= 0.3 is 6.18 Å². The van der Waals surface area contributed by atoms with Crippen LogP contribution in [0.2, 0.25) is 0 Å². The fraction of sp³-hybridized carbons (Fsp3) is 0.600. The molecule has 86 valence electrons. The molecule has 0 amide bonds. The minimum Gasteiger partial charge on any atom is -0.309 e. The van der Waals surface area contributed by atoms with Crippen LogP contribution in [0.1, 0.15) is 30.7 Å². The Labute approximate surface area is 91.3 Å². The summed E-state index contributed by atoms with van der Waals surface area (Å²) in [5.74, 6) is 0. The summed E-state index contributed by atoms with van der Waals surface area (Å²) < 4.78 is 35.5. The summed E-state index contributed by atoms with van der Waals surface area (Å²) >= 11 is 1.61. The fourth-order valence-corrected chi connectivity index (χ4v) is 2.00. The maximum absolute atomic E-state index is 11.8. The minimum atomic E-state index is -4.03. The molecule has 15 heavy (non-hydrogen) atoms. The largest absolute Gasteiger partial charge is 0.389 e. The topological polar surface area (TPSA) is 12.0 Å². The lowest BCUT2D eigenvalue weighted by atomic mass is 10.2. The number of rotatable bonds is 5. The summed E-state index contributed by atoms with van der Waals surface area (Å²) in [5, 5.41) is 5.03. The molecule has 1 rings (SSSR count). The first-order valence-corrected chi connectivity index (χ1v) is 5.70. The molecule has 0 spiro atoms. The van der Waals surface area contributed by atoms with Gasteiger partial charge in [0, 0.05) is 17.3 Å². The first kappa shape index (κ1) is 12.5. The van der Waals surface area contributed by atoms with Crippen molar-refractivity contribution in [1.82, 2.24) is 5.32 Å². The van der Waals surface area contributed by atoms with Gasteiger partial charge in [0.2, 0.25) is 0 Å². The van der Waals surface area contributed by atoms with Crippen molar-refractivity contribution in [1.29, 1.82) is 0 Å². The lowest BCUT2D eigenvalue weighted by molar-refractivity contribution is -0.135. The summed E-state index contributed by atoms with van der Waals surface area (Å²) in [6, 6.07) is 4.05. The van der Waals surface area contributed by atoms with Gasteiger partial charge in [-0.15, -0.1) is 11.3 Å². The van der Waals surface area contributed by atoms with E-state index in [0.717, 1.165) is 4.88 Å². The van der Waals surface area contributed by atoms with Crippen molar-refractivity contribution < 1.29 is 13.2 Å². The maximum Gasteiger partial charge on any atom is 0.389 e. The summed E-state index contributed by atoms with van der Waals surface area (Å²) in [4.78, 5) is 1.15. The van der Waals surface area contributed by atoms with Crippen molar-refractivity contribution in [3.63, 3.8) is 0 Å². The van der Waals surface area contributed by atoms with Gasteiger partial charge in [0.15, 0.2) is 0 Å². The molecule has 0 aliphatic rings. The van der Waals surface area contributed by atoms with E-state index >= 15 is 0 Å². The first-order chi connectivity index (χ1) is 6.99. The number of thiophene rings is 1. The third kappa shape index (κ3) is 5.18. The molecule has 0 saturated carbocycles. The van der Waals surface area contributed by atoms with Crippen LogP contribution in [0.15, 0.2) is 17.5 Å². The normalized spacial score (nSPS) is 14.1. The number of hydrogen-bond donors (Lipinski definition) is 1. The van der Waals surface area contributed by atoms with Gasteiger partial charge in [0.25, 0.3) is 0 Å². The van der Waals surface area contributed by atoms with Crippen molar-refractivity contribution in [2.24, 2.45) is 0 Å². The van der Waals surface area contributed by atoms with E-state index in [1.165, 1.54) is 0 Å². The summed E-state index contributed by atoms with van der Waals surface area (Å²) in [5.41, 5.74) is 0. The smallest absolute Gasteiger partial charge is 0.309 e. The predicted octanol–water partition coefficient (Wildman–Crippen LogP) is 3.74. The van der Waals surface area contributed by atoms with Crippen molar-refractivity contribution >= 4 is 11.3 Å². The van der Waals surface area contributed by atoms with Crippen LogP contribution in [0.3, 0.4) is 0 Å². The van der Waals surface area contributed by atoms with E-state index in [4.69, 9.17) is 0 Å². The Hall–Kier alpha value is -0.550. The van der Waals surface area contributed by atoms with Crippen molar-refractivity contribution in [3.8, 4) is 0 Å². The van der Waals surface area contributed by atoms with E-state index < -0.39 is 12.6 Å². The molecule has 1 nitrogen and oxygen atoms in total. The van der Waals surface area contributed by atoms with Crippen LogP contribution < -0.4 is 5.32 Å². The number of nitrogens with one attached hydrogen (secondary N) is 1. The molecule has 0 fully saturated rings. The molecule has 0 bridgehead atoms. The second kappa shape index (κ2) is 5.51. The Morgan fingerprint density at radius 2 is 2.20 bits per heavy atom. The summed E-state index contributed by atoms with van der Waals surface area (Å²) in [6.07, 6.45) is -4.61. The molecule has 0 aliphatic heterocycles. The van der Waals surface area contributed by atoms with E-state index in [1.54, 1.807) is 11.3 Å². The maximum atomic E-state index is 11.8. The Kier molecular flexibility index (Phi) is 4.60. The van der Waals surface area contributed by atoms with Gasteiger partial charge in [-0.25, -0.2) is 0 Å². The molecule has 1 atom stereocenters. The number of halogens is 3. The zero-order valence-electron chi connectivity index (χ0n) is 8.47. The van der Waals surface area contributed by atoms with Crippen LogP contribution in [-0.2, 0) is 0 Å². The van der Waals surface area contributed by atoms with Crippen molar-refractivity contribution in [3.05, 3.63) is 22.4 Å². The zero-order chi connectivity index (χ0) is 11.3. The predicted molar refractivity (Wildman–Crippen MR) is 56.0 cm³/mol. The van der Waals surface area contributed by atoms with E-state index in [9.17, 15) is 13.2 Å². The van der Waals surface area contributed by atoms with Gasteiger partial charge in [-0.1, -0.05) is 6.07 Å². The molecule has 1 aromatic rings. The van der Waals surface area contributed by atoms with Gasteiger partial charge in [-0.3, -0.25) is 0 Å². The van der Waals surface area contributed by atoms with E-state index in [0.29, 0.717) is 6.54 Å². The van der Waals surface area contributed by atoms with Crippen LogP contribution in [0.5, 0.6) is 0 Å². The summed E-state index contributed by atoms with van der Waals surface area (Å²) in [6.45, 7) is 2.36. The molecule has 1 N–H and O–H groups in total. The third-order valence-corrected chi connectivity index (χ3v) is 3.11. The number of hydrogen-bond acceptors (Lipinski definition) is 2. The van der Waals surface area contributed by atoms with Gasteiger partial charge < -0.3 is 5.32 Å². The molecule has 0 aliphatic carbocycles. The fourth-order valence-electron chi connectivity index (χ4n) is 1.25. The molecule has 1 heterocycles. The van der Waals surface area contributed by atoms with Gasteiger partial charge in [-0.05, 0) is 31.3 Å². The van der Waals surface area contributed by atoms with Crippen LogP contribution in [0.25, 0.3) is 0 Å². The molecule has 0 aromatic carbocycles. The Morgan fingerprint density at radius 3 is 2.73 bits per heavy atom. The Balaban J connectivity index is 2.16. The average molecular weight is 237 g/mol. The van der Waals surface area contributed by atoms with E-state index in [1.807, 2.05) is 24.4 Å². The van der Waals surface area contributed by atoms with Gasteiger partial charge in [-0.2, -0.15) is 13.2 Å². The highest BCUT2D eigenvalue weighted by Crippen LogP contribution is 2.22. The number of alkyl halides is 3. The molecule has 0 saturated heterocycles. The molecular formula is C10H14F3NS. The van der Waals surface area contributed by atoms with Gasteiger partial charge in [0.1, 0.15) is 0 Å². The minimum absolute atomic E-state index is 0.137. The second-order valence-corrected chi connectivity index (χ2v) is 4.39. The van der Waals surface area contributed by atoms with E-state index in [-0.39, 0.29) is 12.5 Å². The SMILES string of the molecule is C[C@H](NCCCC(F)(F)F)c1cccs1. The summed E-state index contributed by atoms with van der Waals surface area (Å²) in [7, 11) is 0. The molecule has 5 heteroatoms. The van der Waals surface area contributed by atoms with Crippen LogP contribution >= 0.6 is 11.3 Å². The molecule has 1 aromatic heterocycles. The van der Waals surface area contributed by atoms with Crippen LogP contribution in [0, 0.1) is 0 Å². The second-order valence-electron chi connectivity index (χ2n) is 3.41. The first-order valence-electron chi connectivity index (χ1n) is 4.82. The quantitative estimate of drug-likeness (QED) is 0.769. The highest BCUT2D eigenvalue weighted by molar-refractivity contribution is 7.10. The lowest BCUT2D eigenvalue weighted by Gasteiger charge is -2.12. The monoisotopic (exact) mass is 237 g/mol. The average Bonchev–Trinajstić information content (AvgIpc) is 2.63. The third-order valence-electron chi connectivity index (χ3n) is 2.06. The zero-order valence-corrected chi connectivity index (χ0v) is 9.29. The Bertz CT molecular complexity index is 269.